The van der Waals surface area contributed by atoms with Crippen molar-refractivity contribution in [3.8, 4) is 0 Å². The van der Waals surface area contributed by atoms with Crippen LogP contribution < -0.4 is 34.9 Å². The maximum absolute atomic E-state index is 11.0. The molecule has 1 rings (SSSR count). The van der Waals surface area contributed by atoms with Crippen LogP contribution in [0, 0.1) is 0 Å². The van der Waals surface area contributed by atoms with Gasteiger partial charge in [-0.1, -0.05) is 76.9 Å². The first-order valence-corrected chi connectivity index (χ1v) is 12.9. The Kier molecular flexibility index (Phi) is 19.1. The Bertz CT molecular complexity index is 651. The summed E-state index contributed by atoms with van der Waals surface area (Å²) in [7, 11) is -4.10. The van der Waals surface area contributed by atoms with Gasteiger partial charge in [0.25, 0.3) is 10.1 Å². The Labute approximate surface area is 208 Å². The van der Waals surface area contributed by atoms with Crippen molar-refractivity contribution in [3.63, 3.8) is 0 Å². The minimum Gasteiger partial charge on any atom is -1.00 e. The van der Waals surface area contributed by atoms with Gasteiger partial charge >= 0.3 is 29.6 Å². The van der Waals surface area contributed by atoms with E-state index < -0.39 is 10.1 Å². The van der Waals surface area contributed by atoms with Crippen molar-refractivity contribution in [1.82, 2.24) is 0 Å². The van der Waals surface area contributed by atoms with E-state index in [4.69, 9.17) is 4.55 Å². The molecule has 4 nitrogen and oxygen atoms in total. The Hall–Kier alpha value is -0.330. The first-order chi connectivity index (χ1) is 14.0. The molecule has 0 spiro atoms. The maximum Gasteiger partial charge on any atom is 1.00 e. The molecule has 2 N–H and O–H groups in total. The second kappa shape index (κ2) is 19.4. The minimum absolute atomic E-state index is 0. The molecule has 0 aliphatic heterocycles. The molecule has 0 saturated carbocycles. The van der Waals surface area contributed by atoms with E-state index in [2.05, 4.69) is 24.4 Å². The minimum atomic E-state index is -4.10. The van der Waals surface area contributed by atoms with Crippen molar-refractivity contribution in [2.75, 3.05) is 11.9 Å². The number of hydrogen-bond donors (Lipinski definition) is 2. The summed E-state index contributed by atoms with van der Waals surface area (Å²) in [6, 6.07) is 6.20. The fourth-order valence-corrected chi connectivity index (χ4v) is 3.83. The monoisotopic (exact) mass is 447 g/mol. The molecule has 6 heteroatoms. The van der Waals surface area contributed by atoms with Gasteiger partial charge in [0, 0.05) is 12.2 Å². The van der Waals surface area contributed by atoms with Crippen LogP contribution in [0.4, 0.5) is 5.69 Å². The van der Waals surface area contributed by atoms with Gasteiger partial charge in [0.05, 0.1) is 4.90 Å². The smallest absolute Gasteiger partial charge is 1.00 e. The first-order valence-electron chi connectivity index (χ1n) is 11.5. The van der Waals surface area contributed by atoms with Crippen molar-refractivity contribution in [3.05, 3.63) is 36.4 Å². The van der Waals surface area contributed by atoms with Crippen molar-refractivity contribution in [2.45, 2.75) is 102 Å². The summed E-state index contributed by atoms with van der Waals surface area (Å²) in [6.07, 6.45) is 22.9. The summed E-state index contributed by atoms with van der Waals surface area (Å²) in [5.74, 6) is 0. The molecular formula is C24H42NNaO3S. The first kappa shape index (κ1) is 29.7. The molecular weight excluding hydrogens is 405 g/mol. The van der Waals surface area contributed by atoms with Crippen molar-refractivity contribution in [2.24, 2.45) is 0 Å². The molecule has 0 saturated heterocycles. The third kappa shape index (κ3) is 16.4. The van der Waals surface area contributed by atoms with E-state index in [0.717, 1.165) is 18.7 Å². The average Bonchev–Trinajstić information content (AvgIpc) is 2.70. The zero-order chi connectivity index (χ0) is 21.2. The van der Waals surface area contributed by atoms with E-state index in [0.29, 0.717) is 0 Å². The summed E-state index contributed by atoms with van der Waals surface area (Å²) >= 11 is 0. The molecule has 30 heavy (non-hydrogen) atoms. The zero-order valence-corrected chi connectivity index (χ0v) is 22.1. The van der Waals surface area contributed by atoms with Crippen molar-refractivity contribution < 1.29 is 44.0 Å². The van der Waals surface area contributed by atoms with Gasteiger partial charge in [0.2, 0.25) is 0 Å². The van der Waals surface area contributed by atoms with Crippen LogP contribution in [0.2, 0.25) is 0 Å². The predicted octanol–water partition coefficient (Wildman–Crippen LogP) is 4.50. The van der Waals surface area contributed by atoms with Crippen LogP contribution in [0.3, 0.4) is 0 Å². The van der Waals surface area contributed by atoms with Crippen LogP contribution in [-0.2, 0) is 10.1 Å². The van der Waals surface area contributed by atoms with E-state index in [1.54, 1.807) is 12.1 Å². The van der Waals surface area contributed by atoms with Gasteiger partial charge in [0.15, 0.2) is 0 Å². The molecule has 0 unspecified atom stereocenters. The van der Waals surface area contributed by atoms with Crippen molar-refractivity contribution in [1.29, 1.82) is 0 Å². The van der Waals surface area contributed by atoms with Gasteiger partial charge in [-0.05, 0) is 56.4 Å². The standard InChI is InChI=1S/C24H41NO3S.Na.H/c1-2-3-4-5-6-7-8-9-10-11-12-13-14-15-16-17-22-25-23-18-20-24(21-19-23)29(26,27)28;;/h9-10,18-21,25H,2-8,11-17,22H2,1H3,(H,26,27,28);;/q;+1;-1/b10-9-;;. The van der Waals surface area contributed by atoms with E-state index in [1.165, 1.54) is 95.6 Å². The summed E-state index contributed by atoms with van der Waals surface area (Å²) in [6.45, 7) is 3.15. The third-order valence-electron chi connectivity index (χ3n) is 5.17. The number of hydrogen-bond acceptors (Lipinski definition) is 3. The molecule has 1 aromatic carbocycles. The van der Waals surface area contributed by atoms with Gasteiger partial charge in [-0.2, -0.15) is 8.42 Å². The summed E-state index contributed by atoms with van der Waals surface area (Å²) < 4.78 is 31.0. The van der Waals surface area contributed by atoms with Crippen LogP contribution in [0.1, 0.15) is 98.2 Å². The Balaban J connectivity index is 0. The summed E-state index contributed by atoms with van der Waals surface area (Å²) in [5.41, 5.74) is 0.880. The Morgan fingerprint density at radius 1 is 0.800 bits per heavy atom. The van der Waals surface area contributed by atoms with E-state index in [-0.39, 0.29) is 35.9 Å². The predicted molar refractivity (Wildman–Crippen MR) is 125 cm³/mol. The number of anilines is 1. The van der Waals surface area contributed by atoms with E-state index in [9.17, 15) is 8.42 Å². The number of rotatable bonds is 18. The average molecular weight is 448 g/mol. The molecule has 0 fully saturated rings. The fraction of sp³-hybridized carbons (Fsp3) is 0.667. The van der Waals surface area contributed by atoms with Gasteiger partial charge in [-0.15, -0.1) is 0 Å². The largest absolute Gasteiger partial charge is 1.00 e. The van der Waals surface area contributed by atoms with E-state index in [1.807, 2.05) is 0 Å². The number of benzene rings is 1. The van der Waals surface area contributed by atoms with E-state index >= 15 is 0 Å². The molecule has 0 aliphatic rings. The molecule has 1 aromatic rings. The van der Waals surface area contributed by atoms with Crippen LogP contribution >= 0.6 is 0 Å². The molecule has 0 amide bonds. The topological polar surface area (TPSA) is 66.4 Å². The Morgan fingerprint density at radius 3 is 1.77 bits per heavy atom. The summed E-state index contributed by atoms with van der Waals surface area (Å²) in [4.78, 5) is -0.0692. The molecule has 0 bridgehead atoms. The van der Waals surface area contributed by atoms with Crippen LogP contribution in [0.15, 0.2) is 41.3 Å². The molecule has 168 valence electrons. The number of unbranched alkanes of at least 4 members (excludes halogenated alkanes) is 12. The maximum atomic E-state index is 11.0. The van der Waals surface area contributed by atoms with Gasteiger partial charge in [-0.25, -0.2) is 0 Å². The van der Waals surface area contributed by atoms with Crippen molar-refractivity contribution >= 4 is 15.8 Å². The van der Waals surface area contributed by atoms with Crippen LogP contribution in [0.25, 0.3) is 0 Å². The van der Waals surface area contributed by atoms with Crippen LogP contribution in [0.5, 0.6) is 0 Å². The number of nitrogens with one attached hydrogen (secondary N) is 1. The number of allylic oxidation sites excluding steroid dienone is 2. The molecule has 0 heterocycles. The quantitative estimate of drug-likeness (QED) is 0.150. The molecule has 0 aromatic heterocycles. The third-order valence-corrected chi connectivity index (χ3v) is 6.04. The summed E-state index contributed by atoms with van der Waals surface area (Å²) in [5, 5.41) is 3.29. The second-order valence-electron chi connectivity index (χ2n) is 7.86. The normalized spacial score (nSPS) is 11.5. The van der Waals surface area contributed by atoms with Gasteiger partial charge in [-0.3, -0.25) is 4.55 Å². The van der Waals surface area contributed by atoms with Crippen LogP contribution in [-0.4, -0.2) is 19.5 Å². The van der Waals surface area contributed by atoms with Gasteiger partial charge in [0.1, 0.15) is 0 Å². The second-order valence-corrected chi connectivity index (χ2v) is 9.29. The molecule has 0 atom stereocenters. The molecule has 0 radical (unpaired) electrons. The van der Waals surface area contributed by atoms with Gasteiger partial charge < -0.3 is 6.74 Å². The molecule has 0 aliphatic carbocycles. The fourth-order valence-electron chi connectivity index (χ4n) is 3.35. The Morgan fingerprint density at radius 2 is 1.27 bits per heavy atom. The zero-order valence-electron chi connectivity index (χ0n) is 20.2. The SMILES string of the molecule is CCCCCCCC/C=C\CCCCCCCCNc1ccc(S(=O)(=O)O)cc1.[H-].[Na+].